The van der Waals surface area contributed by atoms with Gasteiger partial charge in [-0.15, -0.1) is 0 Å². The third-order valence-electron chi connectivity index (χ3n) is 3.75. The first kappa shape index (κ1) is 11.2. The van der Waals surface area contributed by atoms with Crippen molar-refractivity contribution in [1.29, 1.82) is 0 Å². The standard InChI is InChI=1S/C13H23NO/c15-13(8-3-4-9-13)11-14-10-7-12-5-1-2-6-12/h5,14-15H,1-4,6-11H2. The summed E-state index contributed by atoms with van der Waals surface area (Å²) in [5.74, 6) is 0. The molecule has 1 fully saturated rings. The molecule has 2 aliphatic carbocycles. The number of allylic oxidation sites excluding steroid dienone is 1. The fraction of sp³-hybridized carbons (Fsp3) is 0.846. The predicted octanol–water partition coefficient (Wildman–Crippen LogP) is 2.38. The van der Waals surface area contributed by atoms with Gasteiger partial charge in [-0.3, -0.25) is 0 Å². The summed E-state index contributed by atoms with van der Waals surface area (Å²) < 4.78 is 0. The molecule has 0 saturated heterocycles. The molecule has 2 rings (SSSR count). The maximum absolute atomic E-state index is 10.1. The molecule has 0 bridgehead atoms. The van der Waals surface area contributed by atoms with Crippen LogP contribution in [0.25, 0.3) is 0 Å². The second kappa shape index (κ2) is 5.13. The highest BCUT2D eigenvalue weighted by atomic mass is 16.3. The van der Waals surface area contributed by atoms with Crippen LogP contribution in [-0.2, 0) is 0 Å². The highest BCUT2D eigenvalue weighted by molar-refractivity contribution is 5.07. The molecule has 0 heterocycles. The van der Waals surface area contributed by atoms with Crippen molar-refractivity contribution in [3.63, 3.8) is 0 Å². The minimum atomic E-state index is -0.385. The second-order valence-corrected chi connectivity index (χ2v) is 5.11. The lowest BCUT2D eigenvalue weighted by Crippen LogP contribution is -2.38. The van der Waals surface area contributed by atoms with Crippen molar-refractivity contribution in [1.82, 2.24) is 5.32 Å². The molecular formula is C13H23NO. The molecular weight excluding hydrogens is 186 g/mol. The first-order chi connectivity index (χ1) is 7.29. The van der Waals surface area contributed by atoms with Crippen LogP contribution in [0.15, 0.2) is 11.6 Å². The molecule has 2 aliphatic rings. The molecule has 2 heteroatoms. The van der Waals surface area contributed by atoms with E-state index < -0.39 is 0 Å². The van der Waals surface area contributed by atoms with Crippen LogP contribution >= 0.6 is 0 Å². The van der Waals surface area contributed by atoms with Crippen molar-refractivity contribution < 1.29 is 5.11 Å². The van der Waals surface area contributed by atoms with Gasteiger partial charge in [0, 0.05) is 6.54 Å². The molecule has 1 saturated carbocycles. The van der Waals surface area contributed by atoms with Crippen LogP contribution in [0.4, 0.5) is 0 Å². The number of aliphatic hydroxyl groups is 1. The van der Waals surface area contributed by atoms with Gasteiger partial charge in [-0.2, -0.15) is 0 Å². The summed E-state index contributed by atoms with van der Waals surface area (Å²) in [5, 5.41) is 13.5. The zero-order valence-electron chi connectivity index (χ0n) is 9.60. The van der Waals surface area contributed by atoms with Crippen LogP contribution in [0.2, 0.25) is 0 Å². The van der Waals surface area contributed by atoms with Gasteiger partial charge in [0.15, 0.2) is 0 Å². The van der Waals surface area contributed by atoms with Crippen LogP contribution in [0.3, 0.4) is 0 Å². The van der Waals surface area contributed by atoms with Gasteiger partial charge in [0.05, 0.1) is 5.60 Å². The van der Waals surface area contributed by atoms with Crippen molar-refractivity contribution in [2.45, 2.75) is 57.0 Å². The summed E-state index contributed by atoms with van der Waals surface area (Å²) in [5.41, 5.74) is 1.23. The van der Waals surface area contributed by atoms with E-state index in [1.54, 1.807) is 5.57 Å². The van der Waals surface area contributed by atoms with E-state index in [-0.39, 0.29) is 5.60 Å². The lowest BCUT2D eigenvalue weighted by molar-refractivity contribution is 0.0480. The molecule has 0 spiro atoms. The molecule has 0 aromatic rings. The van der Waals surface area contributed by atoms with Gasteiger partial charge in [-0.1, -0.05) is 24.5 Å². The van der Waals surface area contributed by atoms with Crippen LogP contribution in [0.5, 0.6) is 0 Å². The van der Waals surface area contributed by atoms with Crippen LogP contribution < -0.4 is 5.32 Å². The van der Waals surface area contributed by atoms with Gasteiger partial charge in [-0.25, -0.2) is 0 Å². The van der Waals surface area contributed by atoms with Crippen molar-refractivity contribution >= 4 is 0 Å². The van der Waals surface area contributed by atoms with Gasteiger partial charge in [0.1, 0.15) is 0 Å². The maximum Gasteiger partial charge on any atom is 0.0771 e. The molecule has 0 radical (unpaired) electrons. The van der Waals surface area contributed by atoms with Gasteiger partial charge in [0.2, 0.25) is 0 Å². The van der Waals surface area contributed by atoms with Gasteiger partial charge >= 0.3 is 0 Å². The molecule has 0 unspecified atom stereocenters. The Morgan fingerprint density at radius 3 is 2.73 bits per heavy atom. The smallest absolute Gasteiger partial charge is 0.0771 e. The molecule has 2 N–H and O–H groups in total. The largest absolute Gasteiger partial charge is 0.389 e. The zero-order valence-corrected chi connectivity index (χ0v) is 9.60. The van der Waals surface area contributed by atoms with E-state index in [0.29, 0.717) is 0 Å². The van der Waals surface area contributed by atoms with E-state index in [1.807, 2.05) is 0 Å². The number of hydrogen-bond donors (Lipinski definition) is 2. The molecule has 0 atom stereocenters. The Balaban J connectivity index is 1.58. The Hall–Kier alpha value is -0.340. The molecule has 0 amide bonds. The fourth-order valence-corrected chi connectivity index (χ4v) is 2.74. The van der Waals surface area contributed by atoms with E-state index in [1.165, 1.54) is 38.5 Å². The average molecular weight is 209 g/mol. The van der Waals surface area contributed by atoms with E-state index in [2.05, 4.69) is 11.4 Å². The third-order valence-corrected chi connectivity index (χ3v) is 3.75. The Morgan fingerprint density at radius 2 is 2.07 bits per heavy atom. The van der Waals surface area contributed by atoms with Crippen LogP contribution in [0, 0.1) is 0 Å². The second-order valence-electron chi connectivity index (χ2n) is 5.11. The highest BCUT2D eigenvalue weighted by Gasteiger charge is 2.30. The predicted molar refractivity (Wildman–Crippen MR) is 62.8 cm³/mol. The monoisotopic (exact) mass is 209 g/mol. The van der Waals surface area contributed by atoms with Gasteiger partial charge in [0.25, 0.3) is 0 Å². The minimum Gasteiger partial charge on any atom is -0.389 e. The van der Waals surface area contributed by atoms with Gasteiger partial charge < -0.3 is 10.4 Å². The number of hydrogen-bond acceptors (Lipinski definition) is 2. The van der Waals surface area contributed by atoms with E-state index in [9.17, 15) is 5.11 Å². The highest BCUT2D eigenvalue weighted by Crippen LogP contribution is 2.28. The van der Waals surface area contributed by atoms with Crippen LogP contribution in [0.1, 0.15) is 51.4 Å². The van der Waals surface area contributed by atoms with E-state index >= 15 is 0 Å². The SMILES string of the molecule is OC1(CNCCC2=CCCC2)CCCC1. The Kier molecular flexibility index (Phi) is 3.81. The molecule has 0 aromatic carbocycles. The van der Waals surface area contributed by atoms with Crippen molar-refractivity contribution in [3.8, 4) is 0 Å². The zero-order chi connectivity index (χ0) is 10.6. The Bertz CT molecular complexity index is 229. The molecule has 0 aromatic heterocycles. The summed E-state index contributed by atoms with van der Waals surface area (Å²) in [6, 6.07) is 0. The van der Waals surface area contributed by atoms with E-state index in [4.69, 9.17) is 0 Å². The average Bonchev–Trinajstić information content (AvgIpc) is 2.84. The van der Waals surface area contributed by atoms with Crippen molar-refractivity contribution in [2.75, 3.05) is 13.1 Å². The van der Waals surface area contributed by atoms with Crippen molar-refractivity contribution in [3.05, 3.63) is 11.6 Å². The fourth-order valence-electron chi connectivity index (χ4n) is 2.74. The Morgan fingerprint density at radius 1 is 1.27 bits per heavy atom. The first-order valence-electron chi connectivity index (χ1n) is 6.40. The Labute approximate surface area is 92.8 Å². The summed E-state index contributed by atoms with van der Waals surface area (Å²) in [6.45, 7) is 1.83. The van der Waals surface area contributed by atoms with Crippen LogP contribution in [-0.4, -0.2) is 23.8 Å². The lowest BCUT2D eigenvalue weighted by atomic mass is 10.0. The minimum absolute atomic E-state index is 0.385. The third kappa shape index (κ3) is 3.32. The quantitative estimate of drug-likeness (QED) is 0.538. The molecule has 15 heavy (non-hydrogen) atoms. The summed E-state index contributed by atoms with van der Waals surface area (Å²) in [7, 11) is 0. The number of rotatable bonds is 5. The summed E-state index contributed by atoms with van der Waals surface area (Å²) >= 11 is 0. The summed E-state index contributed by atoms with van der Waals surface area (Å²) in [6.07, 6.45) is 11.9. The topological polar surface area (TPSA) is 32.3 Å². The molecule has 0 aliphatic heterocycles. The van der Waals surface area contributed by atoms with Crippen molar-refractivity contribution in [2.24, 2.45) is 0 Å². The lowest BCUT2D eigenvalue weighted by Gasteiger charge is -2.22. The normalized spacial score (nSPS) is 24.5. The number of nitrogens with one attached hydrogen (secondary N) is 1. The maximum atomic E-state index is 10.1. The molecule has 86 valence electrons. The van der Waals surface area contributed by atoms with Gasteiger partial charge in [-0.05, 0) is 45.1 Å². The summed E-state index contributed by atoms with van der Waals surface area (Å²) in [4.78, 5) is 0. The van der Waals surface area contributed by atoms with E-state index in [0.717, 1.165) is 25.9 Å². The first-order valence-corrected chi connectivity index (χ1v) is 6.40. The molecule has 2 nitrogen and oxygen atoms in total.